The van der Waals surface area contributed by atoms with Gasteiger partial charge in [-0.05, 0) is 38.4 Å². The predicted octanol–water partition coefficient (Wildman–Crippen LogP) is 1.07. The van der Waals surface area contributed by atoms with Gasteiger partial charge in [0, 0.05) is 25.3 Å². The Hall–Kier alpha value is -1.66. The van der Waals surface area contributed by atoms with Crippen LogP contribution in [-0.4, -0.2) is 52.9 Å². The van der Waals surface area contributed by atoms with E-state index in [-0.39, 0.29) is 5.91 Å². The highest BCUT2D eigenvalue weighted by atomic mass is 16.2. The molecule has 3 N–H and O–H groups in total. The first-order valence-corrected chi connectivity index (χ1v) is 7.73. The van der Waals surface area contributed by atoms with Crippen LogP contribution in [0.1, 0.15) is 36.0 Å². The Labute approximate surface area is 125 Å². The van der Waals surface area contributed by atoms with E-state index in [0.717, 1.165) is 19.5 Å². The molecule has 1 aromatic heterocycles. The molecule has 1 amide bonds. The number of anilines is 1. The first kappa shape index (κ1) is 14.3. The van der Waals surface area contributed by atoms with Gasteiger partial charge in [-0.2, -0.15) is 0 Å². The van der Waals surface area contributed by atoms with Gasteiger partial charge in [-0.25, -0.2) is 0 Å². The molecule has 1 atom stereocenters. The van der Waals surface area contributed by atoms with Crippen molar-refractivity contribution in [2.45, 2.75) is 31.7 Å². The lowest BCUT2D eigenvalue weighted by atomic mass is 10.1. The number of hydrazine groups is 1. The van der Waals surface area contributed by atoms with Gasteiger partial charge in [0.1, 0.15) is 0 Å². The lowest BCUT2D eigenvalue weighted by Gasteiger charge is -2.32. The number of carbonyl (C=O) groups excluding carboxylic acids is 1. The average Bonchev–Trinajstić information content (AvgIpc) is 3.05. The van der Waals surface area contributed by atoms with Gasteiger partial charge in [0.25, 0.3) is 5.91 Å². The molecule has 2 aliphatic rings. The number of nitrogens with one attached hydrogen (secondary N) is 1. The fraction of sp³-hybridized carbons (Fsp3) is 0.600. The van der Waals surface area contributed by atoms with Crippen molar-refractivity contribution in [2.24, 2.45) is 5.84 Å². The Morgan fingerprint density at radius 1 is 1.29 bits per heavy atom. The molecule has 114 valence electrons. The van der Waals surface area contributed by atoms with Crippen molar-refractivity contribution in [1.29, 1.82) is 0 Å². The van der Waals surface area contributed by atoms with Crippen molar-refractivity contribution in [2.75, 3.05) is 31.6 Å². The highest BCUT2D eigenvalue weighted by Crippen LogP contribution is 2.23. The zero-order chi connectivity index (χ0) is 14.7. The Kier molecular flexibility index (Phi) is 4.36. The summed E-state index contributed by atoms with van der Waals surface area (Å²) in [7, 11) is 0. The van der Waals surface area contributed by atoms with Crippen LogP contribution in [-0.2, 0) is 0 Å². The van der Waals surface area contributed by atoms with E-state index in [1.807, 2.05) is 4.90 Å². The summed E-state index contributed by atoms with van der Waals surface area (Å²) in [6.07, 6.45) is 8.21. The second kappa shape index (κ2) is 6.41. The Balaban J connectivity index is 1.66. The second-order valence-electron chi connectivity index (χ2n) is 5.86. The molecule has 3 rings (SSSR count). The summed E-state index contributed by atoms with van der Waals surface area (Å²) in [5, 5.41) is 0. The topological polar surface area (TPSA) is 74.5 Å². The number of pyridine rings is 1. The van der Waals surface area contributed by atoms with E-state index >= 15 is 0 Å². The van der Waals surface area contributed by atoms with Crippen molar-refractivity contribution in [3.05, 3.63) is 24.0 Å². The van der Waals surface area contributed by atoms with Gasteiger partial charge in [-0.3, -0.25) is 20.5 Å². The fourth-order valence-corrected chi connectivity index (χ4v) is 3.37. The third-order valence-corrected chi connectivity index (χ3v) is 4.56. The number of nitrogens with zero attached hydrogens (tertiary/aromatic N) is 3. The van der Waals surface area contributed by atoms with E-state index in [0.29, 0.717) is 17.3 Å². The molecule has 0 aromatic carbocycles. The maximum Gasteiger partial charge on any atom is 0.256 e. The van der Waals surface area contributed by atoms with E-state index in [1.165, 1.54) is 32.4 Å². The van der Waals surface area contributed by atoms with Crippen LogP contribution >= 0.6 is 0 Å². The van der Waals surface area contributed by atoms with Crippen LogP contribution in [0.5, 0.6) is 0 Å². The maximum atomic E-state index is 12.6. The van der Waals surface area contributed by atoms with Crippen LogP contribution in [0.4, 0.5) is 5.69 Å². The standard InChI is InChI=1S/C15H23N5O/c16-18-14-10-17-6-4-13(14)15(21)20-9-5-12(11-20)19-7-2-1-3-8-19/h4,6,10,12,18H,1-3,5,7-9,11,16H2. The van der Waals surface area contributed by atoms with Crippen LogP contribution in [0, 0.1) is 0 Å². The van der Waals surface area contributed by atoms with Gasteiger partial charge in [-0.1, -0.05) is 6.42 Å². The van der Waals surface area contributed by atoms with E-state index in [2.05, 4.69) is 15.3 Å². The van der Waals surface area contributed by atoms with Gasteiger partial charge in [0.2, 0.25) is 0 Å². The molecule has 0 spiro atoms. The molecular weight excluding hydrogens is 266 g/mol. The molecule has 1 aromatic rings. The predicted molar refractivity (Wildman–Crippen MR) is 81.8 cm³/mol. The fourth-order valence-electron chi connectivity index (χ4n) is 3.37. The lowest BCUT2D eigenvalue weighted by Crippen LogP contribution is -2.41. The first-order valence-electron chi connectivity index (χ1n) is 7.73. The number of likely N-dealkylation sites (tertiary alicyclic amines) is 2. The highest BCUT2D eigenvalue weighted by molar-refractivity contribution is 5.99. The second-order valence-corrected chi connectivity index (χ2v) is 5.86. The van der Waals surface area contributed by atoms with E-state index in [1.54, 1.807) is 18.5 Å². The largest absolute Gasteiger partial charge is 0.337 e. The number of rotatable bonds is 3. The van der Waals surface area contributed by atoms with Gasteiger partial charge in [-0.15, -0.1) is 0 Å². The minimum Gasteiger partial charge on any atom is -0.337 e. The Morgan fingerprint density at radius 3 is 2.86 bits per heavy atom. The zero-order valence-electron chi connectivity index (χ0n) is 12.3. The highest BCUT2D eigenvalue weighted by Gasteiger charge is 2.31. The summed E-state index contributed by atoms with van der Waals surface area (Å²) in [6, 6.07) is 2.25. The van der Waals surface area contributed by atoms with Crippen LogP contribution in [0.15, 0.2) is 18.5 Å². The van der Waals surface area contributed by atoms with Gasteiger partial charge in [0.05, 0.1) is 17.4 Å². The molecule has 2 saturated heterocycles. The van der Waals surface area contributed by atoms with Gasteiger partial charge >= 0.3 is 0 Å². The van der Waals surface area contributed by atoms with Crippen molar-refractivity contribution < 1.29 is 4.79 Å². The number of nitrogens with two attached hydrogens (primary N) is 1. The number of nitrogen functional groups attached to an aromatic ring is 1. The van der Waals surface area contributed by atoms with Crippen LogP contribution in [0.25, 0.3) is 0 Å². The van der Waals surface area contributed by atoms with Crippen LogP contribution < -0.4 is 11.3 Å². The maximum absolute atomic E-state index is 12.6. The molecule has 6 heteroatoms. The molecule has 0 aliphatic carbocycles. The molecular formula is C15H23N5O. The number of hydrogen-bond acceptors (Lipinski definition) is 5. The minimum absolute atomic E-state index is 0.0462. The number of amides is 1. The molecule has 21 heavy (non-hydrogen) atoms. The zero-order valence-corrected chi connectivity index (χ0v) is 12.3. The summed E-state index contributed by atoms with van der Waals surface area (Å²) in [6.45, 7) is 4.01. The SMILES string of the molecule is NNc1cnccc1C(=O)N1CCC(N2CCCCC2)C1. The van der Waals surface area contributed by atoms with Crippen molar-refractivity contribution in [3.8, 4) is 0 Å². The van der Waals surface area contributed by atoms with Crippen molar-refractivity contribution in [1.82, 2.24) is 14.8 Å². The number of aromatic nitrogens is 1. The molecule has 2 fully saturated rings. The Bertz CT molecular complexity index is 501. The average molecular weight is 289 g/mol. The number of carbonyl (C=O) groups is 1. The van der Waals surface area contributed by atoms with E-state index in [4.69, 9.17) is 5.84 Å². The van der Waals surface area contributed by atoms with Crippen molar-refractivity contribution in [3.63, 3.8) is 0 Å². The van der Waals surface area contributed by atoms with Crippen molar-refractivity contribution >= 4 is 11.6 Å². The molecule has 0 radical (unpaired) electrons. The Morgan fingerprint density at radius 2 is 2.10 bits per heavy atom. The number of piperidine rings is 1. The normalized spacial score (nSPS) is 23.3. The third kappa shape index (κ3) is 3.01. The summed E-state index contributed by atoms with van der Waals surface area (Å²) < 4.78 is 0. The van der Waals surface area contributed by atoms with E-state index < -0.39 is 0 Å². The summed E-state index contributed by atoms with van der Waals surface area (Å²) >= 11 is 0. The molecule has 2 aliphatic heterocycles. The van der Waals surface area contributed by atoms with Gasteiger partial charge < -0.3 is 10.3 Å². The summed E-state index contributed by atoms with van der Waals surface area (Å²) in [5.74, 6) is 5.51. The smallest absolute Gasteiger partial charge is 0.256 e. The molecule has 6 nitrogen and oxygen atoms in total. The molecule has 0 saturated carbocycles. The lowest BCUT2D eigenvalue weighted by molar-refractivity contribution is 0.0772. The first-order chi connectivity index (χ1) is 10.3. The molecule has 3 heterocycles. The van der Waals surface area contributed by atoms with Gasteiger partial charge in [0.15, 0.2) is 0 Å². The van der Waals surface area contributed by atoms with Crippen LogP contribution in [0.3, 0.4) is 0 Å². The quantitative estimate of drug-likeness (QED) is 0.643. The number of hydrogen-bond donors (Lipinski definition) is 2. The van der Waals surface area contributed by atoms with Crippen LogP contribution in [0.2, 0.25) is 0 Å². The monoisotopic (exact) mass is 289 g/mol. The molecule has 0 bridgehead atoms. The third-order valence-electron chi connectivity index (χ3n) is 4.56. The summed E-state index contributed by atoms with van der Waals surface area (Å²) in [5.41, 5.74) is 3.74. The summed E-state index contributed by atoms with van der Waals surface area (Å²) in [4.78, 5) is 21.1. The minimum atomic E-state index is 0.0462. The van der Waals surface area contributed by atoms with E-state index in [9.17, 15) is 4.79 Å². The molecule has 1 unspecified atom stereocenters.